The van der Waals surface area contributed by atoms with Crippen molar-refractivity contribution in [2.24, 2.45) is 0 Å². The van der Waals surface area contributed by atoms with Gasteiger partial charge in [0.05, 0.1) is 6.33 Å². The molecule has 1 aromatic heterocycles. The molecule has 0 N–H and O–H groups in total. The van der Waals surface area contributed by atoms with Gasteiger partial charge in [0.2, 0.25) is 6.71 Å². The second-order valence-electron chi connectivity index (χ2n) is 10.0. The van der Waals surface area contributed by atoms with Gasteiger partial charge in [-0.15, -0.1) is 0 Å². The monoisotopic (exact) mass is 526 g/mol. The van der Waals surface area contributed by atoms with E-state index in [-0.39, 0.29) is 0 Å². The van der Waals surface area contributed by atoms with Gasteiger partial charge in [-0.25, -0.2) is 4.98 Å². The van der Waals surface area contributed by atoms with Crippen LogP contribution >= 0.6 is 0 Å². The highest BCUT2D eigenvalue weighted by molar-refractivity contribution is 7.05. The molecule has 0 aliphatic carbocycles. The standard InChI is InChI=1S/C22H26N2Si.C13H13B/c1-2-3-4-11-18-25(20-24-17-16-23-19-24,21-12-7-5-8-13-21)22-14-9-6-10-15-22;1-14(12-8-4-2-5-9-12)13-10-6-3-7-11-13/h5-19H,2-4,20H2,1H3;2-11H,1H3. The molecule has 0 saturated carbocycles. The van der Waals surface area contributed by atoms with Crippen molar-refractivity contribution in [3.05, 3.63) is 152 Å². The fraction of sp³-hybridized carbons (Fsp3) is 0.171. The number of hydrogen-bond acceptors (Lipinski definition) is 1. The van der Waals surface area contributed by atoms with Crippen LogP contribution in [0.1, 0.15) is 26.2 Å². The first-order valence-electron chi connectivity index (χ1n) is 14.1. The zero-order chi connectivity index (χ0) is 27.2. The van der Waals surface area contributed by atoms with E-state index in [1.165, 1.54) is 34.1 Å². The predicted molar refractivity (Wildman–Crippen MR) is 173 cm³/mol. The molecule has 0 saturated heterocycles. The Balaban J connectivity index is 0.000000212. The smallest absolute Gasteiger partial charge is 0.206 e. The third kappa shape index (κ3) is 7.81. The summed E-state index contributed by atoms with van der Waals surface area (Å²) in [5.74, 6) is 0. The number of benzene rings is 4. The van der Waals surface area contributed by atoms with Gasteiger partial charge >= 0.3 is 0 Å². The van der Waals surface area contributed by atoms with E-state index in [2.05, 4.69) is 163 Å². The van der Waals surface area contributed by atoms with Crippen LogP contribution in [0.3, 0.4) is 0 Å². The molecular formula is C35H39BN2Si. The first-order valence-corrected chi connectivity index (χ1v) is 16.4. The van der Waals surface area contributed by atoms with Crippen molar-refractivity contribution in [1.29, 1.82) is 0 Å². The van der Waals surface area contributed by atoms with Crippen LogP contribution in [0.4, 0.5) is 0 Å². The first-order chi connectivity index (χ1) is 19.2. The second kappa shape index (κ2) is 14.9. The van der Waals surface area contributed by atoms with Crippen LogP contribution in [0.2, 0.25) is 6.82 Å². The number of allylic oxidation sites excluding steroid dienone is 1. The minimum atomic E-state index is -2.06. The maximum atomic E-state index is 4.26. The summed E-state index contributed by atoms with van der Waals surface area (Å²) in [6.07, 6.45) is 12.9. The van der Waals surface area contributed by atoms with E-state index in [9.17, 15) is 0 Å². The molecule has 1 heterocycles. The van der Waals surface area contributed by atoms with Gasteiger partial charge in [-0.3, -0.25) is 0 Å². The zero-order valence-corrected chi connectivity index (χ0v) is 24.2. The molecule has 0 fully saturated rings. The van der Waals surface area contributed by atoms with Crippen molar-refractivity contribution in [2.45, 2.75) is 39.2 Å². The third-order valence-electron chi connectivity index (χ3n) is 7.29. The van der Waals surface area contributed by atoms with E-state index in [1.807, 2.05) is 12.5 Å². The van der Waals surface area contributed by atoms with Crippen LogP contribution in [-0.2, 0) is 6.17 Å². The average Bonchev–Trinajstić information content (AvgIpc) is 3.53. The topological polar surface area (TPSA) is 17.8 Å². The highest BCUT2D eigenvalue weighted by atomic mass is 28.3. The van der Waals surface area contributed by atoms with E-state index in [0.717, 1.165) is 12.6 Å². The van der Waals surface area contributed by atoms with Crippen molar-refractivity contribution >= 4 is 36.1 Å². The summed E-state index contributed by atoms with van der Waals surface area (Å²) >= 11 is 0. The van der Waals surface area contributed by atoms with Gasteiger partial charge in [-0.2, -0.15) is 0 Å². The Morgan fingerprint density at radius 3 is 1.64 bits per heavy atom. The van der Waals surface area contributed by atoms with Crippen molar-refractivity contribution < 1.29 is 0 Å². The Labute approximate surface area is 236 Å². The van der Waals surface area contributed by atoms with Gasteiger partial charge < -0.3 is 4.57 Å². The summed E-state index contributed by atoms with van der Waals surface area (Å²) < 4.78 is 2.23. The van der Waals surface area contributed by atoms with Gasteiger partial charge in [-0.05, 0) is 16.8 Å². The molecule has 4 heteroatoms. The predicted octanol–water partition coefficient (Wildman–Crippen LogP) is 5.90. The second-order valence-corrected chi connectivity index (χ2v) is 13.8. The molecule has 0 unspecified atom stereocenters. The summed E-state index contributed by atoms with van der Waals surface area (Å²) in [5, 5.41) is 2.89. The van der Waals surface area contributed by atoms with Gasteiger partial charge in [0.25, 0.3) is 0 Å². The molecule has 4 aromatic carbocycles. The van der Waals surface area contributed by atoms with Crippen molar-refractivity contribution in [3.8, 4) is 0 Å². The molecule has 5 rings (SSSR count). The highest BCUT2D eigenvalue weighted by Crippen LogP contribution is 2.13. The molecule has 0 bridgehead atoms. The molecule has 0 amide bonds. The molecule has 0 spiro atoms. The van der Waals surface area contributed by atoms with E-state index < -0.39 is 8.07 Å². The fourth-order valence-electron chi connectivity index (χ4n) is 5.02. The van der Waals surface area contributed by atoms with Gasteiger partial charge in [-0.1, -0.05) is 171 Å². The average molecular weight is 527 g/mol. The van der Waals surface area contributed by atoms with Crippen LogP contribution in [0.15, 0.2) is 152 Å². The lowest BCUT2D eigenvalue weighted by Gasteiger charge is -2.30. The fourth-order valence-corrected chi connectivity index (χ4v) is 9.11. The van der Waals surface area contributed by atoms with Crippen LogP contribution in [0, 0.1) is 0 Å². The molecule has 0 atom stereocenters. The Kier molecular flexibility index (Phi) is 10.7. The van der Waals surface area contributed by atoms with Crippen LogP contribution in [0.5, 0.6) is 0 Å². The normalized spacial score (nSPS) is 11.1. The quantitative estimate of drug-likeness (QED) is 0.164. The molecule has 0 aliphatic heterocycles. The summed E-state index contributed by atoms with van der Waals surface area (Å²) in [6, 6.07) is 43.2. The number of aromatic nitrogens is 2. The molecule has 5 aromatic rings. The lowest BCUT2D eigenvalue weighted by Crippen LogP contribution is -2.60. The molecule has 196 valence electrons. The van der Waals surface area contributed by atoms with Gasteiger partial charge in [0.1, 0.15) is 0 Å². The van der Waals surface area contributed by atoms with E-state index in [0.29, 0.717) is 6.71 Å². The number of imidazole rings is 1. The molecule has 0 radical (unpaired) electrons. The summed E-state index contributed by atoms with van der Waals surface area (Å²) in [5.41, 5.74) is 5.28. The van der Waals surface area contributed by atoms with Crippen molar-refractivity contribution in [2.75, 3.05) is 0 Å². The lowest BCUT2D eigenvalue weighted by molar-refractivity contribution is 0.814. The minimum Gasteiger partial charge on any atom is -0.339 e. The van der Waals surface area contributed by atoms with E-state index >= 15 is 0 Å². The number of unbranched alkanes of at least 4 members (excludes halogenated alkanes) is 2. The largest absolute Gasteiger partial charge is 0.339 e. The van der Waals surface area contributed by atoms with Crippen LogP contribution < -0.4 is 21.3 Å². The Hall–Kier alpha value is -3.89. The van der Waals surface area contributed by atoms with Gasteiger partial charge in [0.15, 0.2) is 8.07 Å². The third-order valence-corrected chi connectivity index (χ3v) is 11.7. The minimum absolute atomic E-state index is 0.484. The molecular weight excluding hydrogens is 487 g/mol. The number of nitrogens with zero attached hydrogens (tertiary/aromatic N) is 2. The van der Waals surface area contributed by atoms with Crippen molar-refractivity contribution in [1.82, 2.24) is 9.55 Å². The zero-order valence-electron chi connectivity index (χ0n) is 23.2. The van der Waals surface area contributed by atoms with E-state index in [1.54, 1.807) is 0 Å². The Bertz CT molecular complexity index is 1280. The summed E-state index contributed by atoms with van der Waals surface area (Å²) in [6.45, 7) is 4.97. The first kappa shape index (κ1) is 28.1. The summed E-state index contributed by atoms with van der Waals surface area (Å²) in [4.78, 5) is 4.26. The highest BCUT2D eigenvalue weighted by Gasteiger charge is 2.35. The SMILES string of the molecule is CB(c1ccccc1)c1ccccc1.CCCCC=C[Si](Cn1ccnc1)(c1ccccc1)c1ccccc1. The van der Waals surface area contributed by atoms with Gasteiger partial charge in [0, 0.05) is 18.6 Å². The molecule has 0 aliphatic rings. The Morgan fingerprint density at radius 1 is 0.718 bits per heavy atom. The van der Waals surface area contributed by atoms with E-state index in [4.69, 9.17) is 0 Å². The van der Waals surface area contributed by atoms with Crippen LogP contribution in [0.25, 0.3) is 0 Å². The number of rotatable bonds is 10. The number of hydrogen-bond donors (Lipinski definition) is 0. The molecule has 2 nitrogen and oxygen atoms in total. The van der Waals surface area contributed by atoms with Crippen LogP contribution in [-0.4, -0.2) is 24.3 Å². The maximum absolute atomic E-state index is 4.26. The lowest BCUT2D eigenvalue weighted by atomic mass is 9.43. The Morgan fingerprint density at radius 2 is 1.21 bits per heavy atom. The maximum Gasteiger partial charge on any atom is 0.206 e. The summed E-state index contributed by atoms with van der Waals surface area (Å²) in [7, 11) is -2.06. The van der Waals surface area contributed by atoms with Crippen molar-refractivity contribution in [3.63, 3.8) is 0 Å². The molecule has 39 heavy (non-hydrogen) atoms.